The van der Waals surface area contributed by atoms with Gasteiger partial charge < -0.3 is 20.4 Å². The summed E-state index contributed by atoms with van der Waals surface area (Å²) >= 11 is 0. The molecule has 23 heavy (non-hydrogen) atoms. The number of nitrogens with zero attached hydrogens (tertiary/aromatic N) is 1. The zero-order chi connectivity index (χ0) is 17.2. The number of carbonyl (C=O) groups is 1. The van der Waals surface area contributed by atoms with Crippen molar-refractivity contribution in [3.8, 4) is 5.75 Å². The number of carboxylic acid groups (broad SMARTS) is 1. The summed E-state index contributed by atoms with van der Waals surface area (Å²) in [5.74, 6) is -1.35. The van der Waals surface area contributed by atoms with Crippen molar-refractivity contribution in [1.29, 1.82) is 0 Å². The van der Waals surface area contributed by atoms with E-state index >= 15 is 0 Å². The van der Waals surface area contributed by atoms with E-state index < -0.39 is 11.5 Å². The molecule has 1 unspecified atom stereocenters. The number of nitrogens with one attached hydrogen (secondary N) is 1. The van der Waals surface area contributed by atoms with Gasteiger partial charge in [-0.2, -0.15) is 5.06 Å². The van der Waals surface area contributed by atoms with Crippen LogP contribution in [0.1, 0.15) is 56.1 Å². The lowest BCUT2D eigenvalue weighted by atomic mass is 9.84. The first-order valence-corrected chi connectivity index (χ1v) is 7.62. The molecule has 1 aromatic heterocycles. The molecule has 0 radical (unpaired) electrons. The summed E-state index contributed by atoms with van der Waals surface area (Å²) in [5, 5.41) is 31.5. The molecule has 1 aliphatic rings. The summed E-state index contributed by atoms with van der Waals surface area (Å²) in [4.78, 5) is 14.4. The second-order valence-corrected chi connectivity index (χ2v) is 7.52. The van der Waals surface area contributed by atoms with Crippen molar-refractivity contribution in [1.82, 2.24) is 10.0 Å². The van der Waals surface area contributed by atoms with Crippen LogP contribution in [0, 0.1) is 0 Å². The van der Waals surface area contributed by atoms with E-state index in [0.717, 1.165) is 17.5 Å². The largest absolute Gasteiger partial charge is 0.507 e. The van der Waals surface area contributed by atoms with Crippen LogP contribution in [0.5, 0.6) is 5.75 Å². The molecule has 124 valence electrons. The predicted molar refractivity (Wildman–Crippen MR) is 86.1 cm³/mol. The number of aromatic nitrogens is 1. The topological polar surface area (TPSA) is 96.8 Å². The van der Waals surface area contributed by atoms with Crippen molar-refractivity contribution in [3.63, 3.8) is 0 Å². The molecular formula is C17H22N2O4. The molecule has 2 aromatic rings. The van der Waals surface area contributed by atoms with Crippen molar-refractivity contribution in [2.75, 3.05) is 0 Å². The van der Waals surface area contributed by atoms with E-state index in [1.165, 1.54) is 17.2 Å². The number of carboxylic acids is 1. The fourth-order valence-corrected chi connectivity index (χ4v) is 3.80. The Labute approximate surface area is 134 Å². The quantitative estimate of drug-likeness (QED) is 0.681. The minimum atomic E-state index is -1.16. The van der Waals surface area contributed by atoms with Gasteiger partial charge in [-0.3, -0.25) is 0 Å². The Morgan fingerprint density at radius 3 is 2.43 bits per heavy atom. The normalized spacial score (nSPS) is 23.4. The SMILES string of the molecule is CC1(C)CC(c2cc3cc(C(=O)O)c(O)cc3[nH]2)C(C)(C)N1O. The Bertz CT molecular complexity index is 791. The second kappa shape index (κ2) is 4.72. The molecule has 1 aliphatic heterocycles. The van der Waals surface area contributed by atoms with Crippen LogP contribution in [-0.4, -0.2) is 42.5 Å². The lowest BCUT2D eigenvalue weighted by molar-refractivity contribution is -0.193. The van der Waals surface area contributed by atoms with Crippen molar-refractivity contribution in [2.45, 2.75) is 51.1 Å². The van der Waals surface area contributed by atoms with Gasteiger partial charge in [-0.15, -0.1) is 0 Å². The summed E-state index contributed by atoms with van der Waals surface area (Å²) < 4.78 is 0. The molecular weight excluding hydrogens is 296 g/mol. The highest BCUT2D eigenvalue weighted by atomic mass is 16.5. The molecule has 0 aliphatic carbocycles. The van der Waals surface area contributed by atoms with Crippen LogP contribution in [0.25, 0.3) is 10.9 Å². The smallest absolute Gasteiger partial charge is 0.339 e. The van der Waals surface area contributed by atoms with Crippen LogP contribution < -0.4 is 0 Å². The van der Waals surface area contributed by atoms with Crippen molar-refractivity contribution >= 4 is 16.9 Å². The van der Waals surface area contributed by atoms with E-state index in [2.05, 4.69) is 4.98 Å². The van der Waals surface area contributed by atoms with E-state index in [1.54, 1.807) is 0 Å². The third kappa shape index (κ3) is 2.29. The zero-order valence-electron chi connectivity index (χ0n) is 13.7. The Morgan fingerprint density at radius 1 is 1.26 bits per heavy atom. The molecule has 3 rings (SSSR count). The van der Waals surface area contributed by atoms with E-state index in [9.17, 15) is 15.1 Å². The van der Waals surface area contributed by atoms with Crippen LogP contribution in [0.2, 0.25) is 0 Å². The Balaban J connectivity index is 2.09. The summed E-state index contributed by atoms with van der Waals surface area (Å²) in [6.45, 7) is 7.95. The van der Waals surface area contributed by atoms with Gasteiger partial charge in [0.05, 0.1) is 0 Å². The average Bonchev–Trinajstić information content (AvgIpc) is 2.90. The average molecular weight is 318 g/mol. The van der Waals surface area contributed by atoms with Gasteiger partial charge in [0, 0.05) is 39.7 Å². The van der Waals surface area contributed by atoms with Crippen molar-refractivity contribution < 1.29 is 20.2 Å². The second-order valence-electron chi connectivity index (χ2n) is 7.52. The number of hydrogen-bond donors (Lipinski definition) is 4. The molecule has 1 fully saturated rings. The van der Waals surface area contributed by atoms with Crippen molar-refractivity contribution in [2.24, 2.45) is 0 Å². The predicted octanol–water partition coefficient (Wildman–Crippen LogP) is 3.31. The van der Waals surface area contributed by atoms with Gasteiger partial charge in [0.15, 0.2) is 0 Å². The first-order valence-electron chi connectivity index (χ1n) is 7.62. The Morgan fingerprint density at radius 2 is 1.91 bits per heavy atom. The third-order valence-electron chi connectivity index (χ3n) is 5.04. The Kier molecular flexibility index (Phi) is 3.25. The van der Waals surface area contributed by atoms with E-state index in [1.807, 2.05) is 33.8 Å². The molecule has 0 bridgehead atoms. The lowest BCUT2D eigenvalue weighted by Crippen LogP contribution is -2.46. The van der Waals surface area contributed by atoms with Gasteiger partial charge in [-0.25, -0.2) is 4.79 Å². The fraction of sp³-hybridized carbons (Fsp3) is 0.471. The number of phenols is 1. The number of benzene rings is 1. The summed E-state index contributed by atoms with van der Waals surface area (Å²) in [6.07, 6.45) is 0.765. The third-order valence-corrected chi connectivity index (χ3v) is 5.04. The van der Waals surface area contributed by atoms with Gasteiger partial charge >= 0.3 is 5.97 Å². The number of aromatic amines is 1. The summed E-state index contributed by atoms with van der Waals surface area (Å²) in [5.41, 5.74) is 0.698. The molecule has 6 heteroatoms. The minimum absolute atomic E-state index is 0.0605. The fourth-order valence-electron chi connectivity index (χ4n) is 3.80. The molecule has 2 heterocycles. The lowest BCUT2D eigenvalue weighted by Gasteiger charge is -2.35. The van der Waals surface area contributed by atoms with E-state index in [0.29, 0.717) is 5.52 Å². The highest BCUT2D eigenvalue weighted by molar-refractivity contribution is 5.97. The van der Waals surface area contributed by atoms with Crippen LogP contribution in [0.4, 0.5) is 0 Å². The maximum Gasteiger partial charge on any atom is 0.339 e. The van der Waals surface area contributed by atoms with Gasteiger partial charge in [-0.1, -0.05) is 0 Å². The molecule has 0 spiro atoms. The Hall–Kier alpha value is -2.05. The zero-order valence-corrected chi connectivity index (χ0v) is 13.7. The van der Waals surface area contributed by atoms with E-state index in [4.69, 9.17) is 5.11 Å². The first-order chi connectivity index (χ1) is 10.5. The van der Waals surface area contributed by atoms with Gasteiger partial charge in [0.1, 0.15) is 11.3 Å². The summed E-state index contributed by atoms with van der Waals surface area (Å²) in [7, 11) is 0. The molecule has 4 N–H and O–H groups in total. The van der Waals surface area contributed by atoms with Gasteiger partial charge in [-0.05, 0) is 46.2 Å². The van der Waals surface area contributed by atoms with E-state index in [-0.39, 0.29) is 22.8 Å². The highest BCUT2D eigenvalue weighted by Gasteiger charge is 2.52. The number of aromatic carboxylic acids is 1. The number of rotatable bonds is 2. The standard InChI is InChI=1S/C17H22N2O4/c1-16(2)8-11(17(3,4)19(16)23)13-6-9-5-10(15(21)22)14(20)7-12(9)18-13/h5-7,11,18,20,23H,8H2,1-4H3,(H,21,22). The molecule has 0 saturated carbocycles. The summed E-state index contributed by atoms with van der Waals surface area (Å²) in [6, 6.07) is 4.81. The van der Waals surface area contributed by atoms with Crippen LogP contribution in [0.3, 0.4) is 0 Å². The van der Waals surface area contributed by atoms with Gasteiger partial charge in [0.25, 0.3) is 0 Å². The monoisotopic (exact) mass is 318 g/mol. The van der Waals surface area contributed by atoms with Crippen LogP contribution in [0.15, 0.2) is 18.2 Å². The number of H-pyrrole nitrogens is 1. The highest BCUT2D eigenvalue weighted by Crippen LogP contribution is 2.49. The first kappa shape index (κ1) is 15.8. The van der Waals surface area contributed by atoms with Gasteiger partial charge in [0.2, 0.25) is 0 Å². The number of hydrogen-bond acceptors (Lipinski definition) is 4. The molecule has 1 aromatic carbocycles. The maximum atomic E-state index is 11.1. The number of hydroxylamine groups is 2. The molecule has 1 atom stereocenters. The molecule has 1 saturated heterocycles. The van der Waals surface area contributed by atoms with Crippen molar-refractivity contribution in [3.05, 3.63) is 29.5 Å². The maximum absolute atomic E-state index is 11.1. The number of aromatic hydroxyl groups is 1. The molecule has 0 amide bonds. The van der Waals surface area contributed by atoms with Crippen LogP contribution in [-0.2, 0) is 0 Å². The van der Waals surface area contributed by atoms with Crippen LogP contribution >= 0.6 is 0 Å². The molecule has 6 nitrogen and oxygen atoms in total. The minimum Gasteiger partial charge on any atom is -0.507 e. The number of fused-ring (bicyclic) bond motifs is 1.